The van der Waals surface area contributed by atoms with Crippen molar-refractivity contribution in [1.82, 2.24) is 21.3 Å². The third-order valence-corrected chi connectivity index (χ3v) is 7.64. The van der Waals surface area contributed by atoms with Crippen LogP contribution in [0.5, 0.6) is 0 Å². The van der Waals surface area contributed by atoms with Crippen molar-refractivity contribution in [2.24, 2.45) is 17.6 Å². The smallest absolute Gasteiger partial charge is 0.407 e. The first kappa shape index (κ1) is 35.5. The summed E-state index contributed by atoms with van der Waals surface area (Å²) in [5.41, 5.74) is 9.45. The van der Waals surface area contributed by atoms with Crippen molar-refractivity contribution in [2.45, 2.75) is 71.0 Å². The Bertz CT molecular complexity index is 1400. The van der Waals surface area contributed by atoms with Gasteiger partial charge >= 0.3 is 12.1 Å². The number of hydrogen-bond donors (Lipinski definition) is 6. The van der Waals surface area contributed by atoms with Gasteiger partial charge < -0.3 is 36.8 Å². The van der Waals surface area contributed by atoms with Crippen LogP contribution in [-0.2, 0) is 28.7 Å². The van der Waals surface area contributed by atoms with Crippen molar-refractivity contribution in [3.05, 3.63) is 59.7 Å². The summed E-state index contributed by atoms with van der Waals surface area (Å²) >= 11 is 0. The SMILES string of the molecule is CC(C)C[C@@H](NC(=O)[C@H](CCC(N)=O)NC(=O)CNC(=O)[C@H](NC(=O)OCC1c2ccccc2-c2ccccc21)C(C)C)C(=O)O. The first-order chi connectivity index (χ1) is 21.8. The molecule has 248 valence electrons. The fraction of sp³-hybridized carbons (Fsp3) is 0.455. The summed E-state index contributed by atoms with van der Waals surface area (Å²) in [4.78, 5) is 74.3. The van der Waals surface area contributed by atoms with Crippen LogP contribution >= 0.6 is 0 Å². The molecule has 0 unspecified atom stereocenters. The predicted octanol–water partition coefficient (Wildman–Crippen LogP) is 2.03. The van der Waals surface area contributed by atoms with Gasteiger partial charge in [0.05, 0.1) is 6.54 Å². The number of hydrogen-bond acceptors (Lipinski definition) is 7. The van der Waals surface area contributed by atoms with E-state index in [2.05, 4.69) is 21.3 Å². The average molecular weight is 638 g/mol. The van der Waals surface area contributed by atoms with E-state index in [0.29, 0.717) is 0 Å². The van der Waals surface area contributed by atoms with Gasteiger partial charge in [0, 0.05) is 12.3 Å². The van der Waals surface area contributed by atoms with Crippen LogP contribution in [-0.4, -0.2) is 72.1 Å². The van der Waals surface area contributed by atoms with Gasteiger partial charge in [0.1, 0.15) is 24.7 Å². The van der Waals surface area contributed by atoms with Crippen LogP contribution in [0.3, 0.4) is 0 Å². The van der Waals surface area contributed by atoms with E-state index in [1.807, 2.05) is 48.5 Å². The molecule has 7 N–H and O–H groups in total. The van der Waals surface area contributed by atoms with Gasteiger partial charge in [-0.3, -0.25) is 19.2 Å². The maximum absolute atomic E-state index is 13.0. The zero-order valence-corrected chi connectivity index (χ0v) is 26.5. The number of benzene rings is 2. The van der Waals surface area contributed by atoms with E-state index in [1.54, 1.807) is 27.7 Å². The summed E-state index contributed by atoms with van der Waals surface area (Å²) in [5, 5.41) is 19.3. The Morgan fingerprint density at radius 2 is 1.41 bits per heavy atom. The molecule has 0 saturated carbocycles. The van der Waals surface area contributed by atoms with Crippen molar-refractivity contribution >= 4 is 35.7 Å². The molecule has 0 saturated heterocycles. The van der Waals surface area contributed by atoms with Crippen LogP contribution in [0.2, 0.25) is 0 Å². The summed E-state index contributed by atoms with van der Waals surface area (Å²) in [6.07, 6.45) is -1.06. The maximum atomic E-state index is 13.0. The summed E-state index contributed by atoms with van der Waals surface area (Å²) in [7, 11) is 0. The minimum atomic E-state index is -1.27. The molecule has 3 atom stereocenters. The normalized spacial score (nSPS) is 14.0. The number of aliphatic carboxylic acids is 1. The van der Waals surface area contributed by atoms with Gasteiger partial charge in [-0.1, -0.05) is 76.2 Å². The van der Waals surface area contributed by atoms with Crippen molar-refractivity contribution in [3.8, 4) is 11.1 Å². The fourth-order valence-electron chi connectivity index (χ4n) is 5.35. The molecule has 46 heavy (non-hydrogen) atoms. The molecule has 0 fully saturated rings. The topological polar surface area (TPSA) is 206 Å². The highest BCUT2D eigenvalue weighted by Crippen LogP contribution is 2.44. The maximum Gasteiger partial charge on any atom is 0.407 e. The largest absolute Gasteiger partial charge is 0.480 e. The number of rotatable bonds is 16. The van der Waals surface area contributed by atoms with Crippen LogP contribution in [0.15, 0.2) is 48.5 Å². The monoisotopic (exact) mass is 637 g/mol. The first-order valence-electron chi connectivity index (χ1n) is 15.3. The molecule has 0 spiro atoms. The third kappa shape index (κ3) is 9.78. The molecule has 1 aliphatic rings. The number of nitrogens with one attached hydrogen (secondary N) is 4. The molecule has 0 heterocycles. The van der Waals surface area contributed by atoms with E-state index in [-0.39, 0.29) is 43.6 Å². The summed E-state index contributed by atoms with van der Waals surface area (Å²) in [6.45, 7) is 6.53. The molecule has 1 aliphatic carbocycles. The zero-order chi connectivity index (χ0) is 34.0. The minimum Gasteiger partial charge on any atom is -0.480 e. The lowest BCUT2D eigenvalue weighted by atomic mass is 9.98. The molecule has 0 aliphatic heterocycles. The minimum absolute atomic E-state index is 0.0359. The quantitative estimate of drug-likeness (QED) is 0.160. The van der Waals surface area contributed by atoms with Crippen molar-refractivity contribution in [2.75, 3.05) is 13.2 Å². The number of carboxylic acids is 1. The lowest BCUT2D eigenvalue weighted by molar-refractivity contribution is -0.142. The van der Waals surface area contributed by atoms with Crippen LogP contribution in [0, 0.1) is 11.8 Å². The Morgan fingerprint density at radius 3 is 1.93 bits per heavy atom. The van der Waals surface area contributed by atoms with E-state index < -0.39 is 60.4 Å². The van der Waals surface area contributed by atoms with Crippen molar-refractivity contribution in [1.29, 1.82) is 0 Å². The third-order valence-electron chi connectivity index (χ3n) is 7.64. The Labute approximate surface area is 268 Å². The summed E-state index contributed by atoms with van der Waals surface area (Å²) in [6, 6.07) is 12.3. The number of carbonyl (C=O) groups is 6. The molecule has 2 aromatic rings. The molecule has 13 heteroatoms. The van der Waals surface area contributed by atoms with Gasteiger partial charge in [-0.25, -0.2) is 9.59 Å². The molecule has 0 radical (unpaired) electrons. The second kappa shape index (κ2) is 16.4. The van der Waals surface area contributed by atoms with Gasteiger partial charge in [0.25, 0.3) is 0 Å². The molecule has 5 amide bonds. The van der Waals surface area contributed by atoms with Crippen molar-refractivity contribution in [3.63, 3.8) is 0 Å². The molecule has 0 aromatic heterocycles. The van der Waals surface area contributed by atoms with E-state index in [0.717, 1.165) is 22.3 Å². The number of fused-ring (bicyclic) bond motifs is 3. The fourth-order valence-corrected chi connectivity index (χ4v) is 5.35. The Morgan fingerprint density at radius 1 is 0.826 bits per heavy atom. The van der Waals surface area contributed by atoms with Gasteiger partial charge in [-0.15, -0.1) is 0 Å². The standard InChI is InChI=1S/C33H43N5O8/c1-18(2)15-26(32(43)44)37-30(41)25(13-14-27(34)39)36-28(40)16-35-31(42)29(19(3)4)38-33(45)46-17-24-22-11-7-5-9-20(22)21-10-6-8-12-23(21)24/h5-12,18-19,24-26,29H,13-17H2,1-4H3,(H2,34,39)(H,35,42)(H,36,40)(H,37,41)(H,38,45)(H,43,44)/t25-,26+,29+/m0/s1. The van der Waals surface area contributed by atoms with Gasteiger partial charge in [0.15, 0.2) is 0 Å². The Kier molecular flexibility index (Phi) is 12.7. The van der Waals surface area contributed by atoms with Crippen LogP contribution in [0.1, 0.15) is 64.0 Å². The number of carboxylic acid groups (broad SMARTS) is 1. The van der Waals surface area contributed by atoms with E-state index in [4.69, 9.17) is 10.5 Å². The Balaban J connectivity index is 1.56. The average Bonchev–Trinajstić information content (AvgIpc) is 3.32. The van der Waals surface area contributed by atoms with Crippen LogP contribution in [0.4, 0.5) is 4.79 Å². The second-order valence-corrected chi connectivity index (χ2v) is 12.1. The van der Waals surface area contributed by atoms with Crippen LogP contribution < -0.4 is 27.0 Å². The molecular formula is C33H43N5O8. The Hall–Kier alpha value is -4.94. The number of nitrogens with two attached hydrogens (primary N) is 1. The van der Waals surface area contributed by atoms with E-state index in [9.17, 15) is 33.9 Å². The lowest BCUT2D eigenvalue weighted by Crippen LogP contribution is -2.55. The molecule has 13 nitrogen and oxygen atoms in total. The molecular weight excluding hydrogens is 594 g/mol. The highest BCUT2D eigenvalue weighted by atomic mass is 16.5. The first-order valence-corrected chi connectivity index (χ1v) is 15.3. The predicted molar refractivity (Wildman–Crippen MR) is 169 cm³/mol. The highest BCUT2D eigenvalue weighted by molar-refractivity contribution is 5.93. The van der Waals surface area contributed by atoms with Gasteiger partial charge in [-0.05, 0) is 46.9 Å². The van der Waals surface area contributed by atoms with Gasteiger partial charge in [-0.2, -0.15) is 0 Å². The summed E-state index contributed by atoms with van der Waals surface area (Å²) < 4.78 is 5.56. The van der Waals surface area contributed by atoms with E-state index in [1.165, 1.54) is 0 Å². The zero-order valence-electron chi connectivity index (χ0n) is 26.5. The molecule has 3 rings (SSSR count). The van der Waals surface area contributed by atoms with Gasteiger partial charge in [0.2, 0.25) is 23.6 Å². The number of alkyl carbamates (subject to hydrolysis) is 1. The number of primary amides is 1. The lowest BCUT2D eigenvalue weighted by Gasteiger charge is -2.23. The number of amides is 5. The highest BCUT2D eigenvalue weighted by Gasteiger charge is 2.31. The van der Waals surface area contributed by atoms with Crippen LogP contribution in [0.25, 0.3) is 11.1 Å². The number of carbonyl (C=O) groups excluding carboxylic acids is 5. The number of ether oxygens (including phenoxy) is 1. The second-order valence-electron chi connectivity index (χ2n) is 12.1. The van der Waals surface area contributed by atoms with E-state index >= 15 is 0 Å². The summed E-state index contributed by atoms with van der Waals surface area (Å²) in [5.74, 6) is -4.74. The molecule has 2 aromatic carbocycles. The van der Waals surface area contributed by atoms with Crippen molar-refractivity contribution < 1.29 is 38.6 Å². The molecule has 0 bridgehead atoms.